The van der Waals surface area contributed by atoms with Crippen LogP contribution in [0.3, 0.4) is 0 Å². The van der Waals surface area contributed by atoms with Crippen LogP contribution in [0.2, 0.25) is 0 Å². The van der Waals surface area contributed by atoms with Gasteiger partial charge in [-0.05, 0) is 94.4 Å². The average molecular weight is 562 g/mol. The third-order valence-corrected chi connectivity index (χ3v) is 7.37. The molecular formula is C39H31NO3. The fourth-order valence-electron chi connectivity index (χ4n) is 5.09. The fourth-order valence-corrected chi connectivity index (χ4v) is 5.09. The molecule has 0 bridgehead atoms. The van der Waals surface area contributed by atoms with Crippen LogP contribution in [0.1, 0.15) is 22.3 Å². The summed E-state index contributed by atoms with van der Waals surface area (Å²) in [6.45, 7) is 0. The van der Waals surface area contributed by atoms with E-state index in [-0.39, 0.29) is 11.5 Å². The van der Waals surface area contributed by atoms with Gasteiger partial charge >= 0.3 is 0 Å². The van der Waals surface area contributed by atoms with Gasteiger partial charge in [0.25, 0.3) is 0 Å². The monoisotopic (exact) mass is 561 g/mol. The molecule has 0 aliphatic heterocycles. The normalized spacial score (nSPS) is 11.4. The average Bonchev–Trinajstić information content (AvgIpc) is 3.06. The van der Waals surface area contributed by atoms with Crippen molar-refractivity contribution in [2.45, 2.75) is 0 Å². The van der Waals surface area contributed by atoms with Gasteiger partial charge in [0, 0.05) is 16.8 Å². The van der Waals surface area contributed by atoms with E-state index in [9.17, 15) is 10.2 Å². The van der Waals surface area contributed by atoms with Crippen LogP contribution in [0.25, 0.3) is 35.1 Å². The maximum Gasteiger partial charge on any atom is 0.119 e. The Morgan fingerprint density at radius 1 is 0.488 bits per heavy atom. The summed E-state index contributed by atoms with van der Waals surface area (Å²) in [6.07, 6.45) is 8.28. The molecule has 6 aromatic carbocycles. The molecule has 210 valence electrons. The van der Waals surface area contributed by atoms with Crippen molar-refractivity contribution in [1.82, 2.24) is 0 Å². The van der Waals surface area contributed by atoms with E-state index in [0.29, 0.717) is 0 Å². The van der Waals surface area contributed by atoms with Crippen molar-refractivity contribution in [3.8, 4) is 17.2 Å². The Kier molecular flexibility index (Phi) is 7.92. The highest BCUT2D eigenvalue weighted by atomic mass is 16.5. The zero-order chi connectivity index (χ0) is 29.6. The van der Waals surface area contributed by atoms with E-state index in [4.69, 9.17) is 4.74 Å². The summed E-state index contributed by atoms with van der Waals surface area (Å²) in [7, 11) is 1.68. The van der Waals surface area contributed by atoms with E-state index < -0.39 is 0 Å². The number of nitrogens with zero attached hydrogens (tertiary/aromatic N) is 1. The van der Waals surface area contributed by atoms with Crippen LogP contribution < -0.4 is 9.64 Å². The molecular weight excluding hydrogens is 530 g/mol. The summed E-state index contributed by atoms with van der Waals surface area (Å²) in [5, 5.41) is 21.5. The van der Waals surface area contributed by atoms with E-state index in [2.05, 4.69) is 95.9 Å². The van der Waals surface area contributed by atoms with Crippen molar-refractivity contribution < 1.29 is 14.9 Å². The zero-order valence-corrected chi connectivity index (χ0v) is 23.8. The molecule has 2 N–H and O–H groups in total. The Morgan fingerprint density at radius 2 is 0.953 bits per heavy atom. The largest absolute Gasteiger partial charge is 0.508 e. The number of fused-ring (bicyclic) bond motifs is 1. The number of rotatable bonds is 8. The Bertz CT molecular complexity index is 1890. The number of phenolic OH excluding ortho intramolecular Hbond substituents is 2. The highest BCUT2D eigenvalue weighted by Gasteiger charge is 2.16. The van der Waals surface area contributed by atoms with Crippen LogP contribution in [0.4, 0.5) is 17.1 Å². The van der Waals surface area contributed by atoms with Crippen molar-refractivity contribution >= 4 is 52.1 Å². The second-order valence-electron chi connectivity index (χ2n) is 10.2. The quantitative estimate of drug-likeness (QED) is 0.182. The molecule has 0 fully saturated rings. The predicted octanol–water partition coefficient (Wildman–Crippen LogP) is 10.1. The lowest BCUT2D eigenvalue weighted by molar-refractivity contribution is 0.415. The van der Waals surface area contributed by atoms with Gasteiger partial charge in [-0.15, -0.1) is 0 Å². The summed E-state index contributed by atoms with van der Waals surface area (Å²) in [5.74, 6) is 1.32. The van der Waals surface area contributed by atoms with Crippen LogP contribution in [-0.2, 0) is 0 Å². The Balaban J connectivity index is 1.40. The zero-order valence-electron chi connectivity index (χ0n) is 23.8. The van der Waals surface area contributed by atoms with Gasteiger partial charge in [-0.2, -0.15) is 0 Å². The molecule has 43 heavy (non-hydrogen) atoms. The molecule has 0 radical (unpaired) electrons. The molecule has 4 heteroatoms. The van der Waals surface area contributed by atoms with E-state index >= 15 is 0 Å². The van der Waals surface area contributed by atoms with E-state index in [1.165, 1.54) is 0 Å². The molecule has 6 rings (SSSR count). The van der Waals surface area contributed by atoms with E-state index in [1.807, 2.05) is 42.5 Å². The summed E-state index contributed by atoms with van der Waals surface area (Å²) in [5.41, 5.74) is 7.34. The fraction of sp³-hybridized carbons (Fsp3) is 0.0256. The van der Waals surface area contributed by atoms with Crippen molar-refractivity contribution in [2.24, 2.45) is 0 Å². The van der Waals surface area contributed by atoms with Crippen molar-refractivity contribution in [3.05, 3.63) is 156 Å². The van der Waals surface area contributed by atoms with Gasteiger partial charge in [-0.1, -0.05) is 91.0 Å². The van der Waals surface area contributed by atoms with E-state index in [1.54, 1.807) is 31.4 Å². The molecule has 0 aliphatic rings. The summed E-state index contributed by atoms with van der Waals surface area (Å²) in [4.78, 5) is 2.27. The van der Waals surface area contributed by atoms with E-state index in [0.717, 1.165) is 55.8 Å². The molecule has 0 atom stereocenters. The van der Waals surface area contributed by atoms with Crippen molar-refractivity contribution in [2.75, 3.05) is 12.0 Å². The molecule has 0 aliphatic carbocycles. The molecule has 0 saturated carbocycles. The van der Waals surface area contributed by atoms with Crippen LogP contribution >= 0.6 is 0 Å². The first-order valence-corrected chi connectivity index (χ1v) is 14.1. The van der Waals surface area contributed by atoms with Gasteiger partial charge in [0.1, 0.15) is 17.2 Å². The van der Waals surface area contributed by atoms with Gasteiger partial charge in [0.15, 0.2) is 0 Å². The van der Waals surface area contributed by atoms with Gasteiger partial charge < -0.3 is 19.8 Å². The standard InChI is InChI=1S/C39H31NO3/c1-43-36-25-19-33(20-26-36)40(32-17-9-28(10-18-32)6-7-29-11-21-34(41)22-12-29)39-27-16-31(37-4-2-3-5-38(37)39)15-8-30-13-23-35(42)24-14-30/h2-27,41-42H,1H3. The van der Waals surface area contributed by atoms with Gasteiger partial charge in [-0.25, -0.2) is 0 Å². The number of phenols is 2. The highest BCUT2D eigenvalue weighted by Crippen LogP contribution is 2.40. The minimum atomic E-state index is 0.256. The van der Waals surface area contributed by atoms with Crippen LogP contribution in [-0.4, -0.2) is 17.3 Å². The SMILES string of the molecule is COc1ccc(N(c2ccc(C=Cc3ccc(O)cc3)cc2)c2ccc(C=Cc3ccc(O)cc3)c3ccccc23)cc1. The minimum absolute atomic E-state index is 0.256. The second kappa shape index (κ2) is 12.4. The number of anilines is 3. The number of ether oxygens (including phenoxy) is 1. The first-order valence-electron chi connectivity index (χ1n) is 14.1. The molecule has 6 aromatic rings. The topological polar surface area (TPSA) is 52.9 Å². The smallest absolute Gasteiger partial charge is 0.119 e. The summed E-state index contributed by atoms with van der Waals surface area (Å²) < 4.78 is 5.44. The maximum absolute atomic E-state index is 9.63. The third-order valence-electron chi connectivity index (χ3n) is 7.37. The Morgan fingerprint density at radius 3 is 1.49 bits per heavy atom. The first-order chi connectivity index (χ1) is 21.1. The molecule has 0 saturated heterocycles. The molecule has 4 nitrogen and oxygen atoms in total. The van der Waals surface area contributed by atoms with Crippen molar-refractivity contribution in [3.63, 3.8) is 0 Å². The predicted molar refractivity (Wildman–Crippen MR) is 179 cm³/mol. The van der Waals surface area contributed by atoms with Gasteiger partial charge in [0.2, 0.25) is 0 Å². The molecule has 0 spiro atoms. The van der Waals surface area contributed by atoms with Crippen LogP contribution in [0.5, 0.6) is 17.2 Å². The number of benzene rings is 6. The third kappa shape index (κ3) is 6.29. The highest BCUT2D eigenvalue weighted by molar-refractivity contribution is 6.03. The van der Waals surface area contributed by atoms with Crippen LogP contribution in [0.15, 0.2) is 133 Å². The first kappa shape index (κ1) is 27.4. The molecule has 0 amide bonds. The molecule has 0 heterocycles. The number of aromatic hydroxyl groups is 2. The number of hydrogen-bond acceptors (Lipinski definition) is 4. The van der Waals surface area contributed by atoms with Gasteiger partial charge in [-0.3, -0.25) is 0 Å². The lowest BCUT2D eigenvalue weighted by atomic mass is 10.00. The Hall–Kier alpha value is -5.74. The lowest BCUT2D eigenvalue weighted by Gasteiger charge is -2.27. The number of hydrogen-bond donors (Lipinski definition) is 2. The summed E-state index contributed by atoms with van der Waals surface area (Å²) in [6, 6.07) is 43.7. The van der Waals surface area contributed by atoms with Crippen LogP contribution in [0, 0.1) is 0 Å². The van der Waals surface area contributed by atoms with Gasteiger partial charge in [0.05, 0.1) is 12.8 Å². The lowest BCUT2D eigenvalue weighted by Crippen LogP contribution is -2.10. The number of methoxy groups -OCH3 is 1. The Labute approximate surface area is 251 Å². The van der Waals surface area contributed by atoms with Crippen molar-refractivity contribution in [1.29, 1.82) is 0 Å². The maximum atomic E-state index is 9.63. The molecule has 0 unspecified atom stereocenters. The molecule has 0 aromatic heterocycles. The second-order valence-corrected chi connectivity index (χ2v) is 10.2. The summed E-state index contributed by atoms with van der Waals surface area (Å²) >= 11 is 0. The minimum Gasteiger partial charge on any atom is -0.508 e.